The summed E-state index contributed by atoms with van der Waals surface area (Å²) in [4.78, 5) is 13.4. The van der Waals surface area contributed by atoms with Crippen LogP contribution in [-0.2, 0) is 12.8 Å². The number of urea groups is 1. The van der Waals surface area contributed by atoms with Crippen LogP contribution in [0.25, 0.3) is 10.9 Å². The lowest BCUT2D eigenvalue weighted by molar-refractivity contribution is -0.159. The van der Waals surface area contributed by atoms with Gasteiger partial charge in [0.05, 0.1) is 11.7 Å². The summed E-state index contributed by atoms with van der Waals surface area (Å²) in [6.45, 7) is 2.87. The van der Waals surface area contributed by atoms with Crippen LogP contribution < -0.4 is 5.32 Å². The van der Waals surface area contributed by atoms with Crippen molar-refractivity contribution >= 4 is 16.9 Å². The Kier molecular flexibility index (Phi) is 4.53. The molecule has 2 aromatic rings. The zero-order valence-electron chi connectivity index (χ0n) is 15.3. The fourth-order valence-corrected chi connectivity index (χ4v) is 4.27. The molecule has 1 aliphatic carbocycles. The normalized spacial score (nSPS) is 18.9. The number of amides is 2. The first kappa shape index (κ1) is 18.2. The summed E-state index contributed by atoms with van der Waals surface area (Å²) in [5, 5.41) is 20.9. The van der Waals surface area contributed by atoms with Crippen molar-refractivity contribution in [1.29, 1.82) is 0 Å². The zero-order chi connectivity index (χ0) is 19.2. The first-order chi connectivity index (χ1) is 12.9. The number of alkyl halides is 2. The Balaban J connectivity index is 1.56. The van der Waals surface area contributed by atoms with Crippen molar-refractivity contribution in [2.24, 2.45) is 5.92 Å². The molecule has 1 aromatic carbocycles. The van der Waals surface area contributed by atoms with Gasteiger partial charge in [0.2, 0.25) is 0 Å². The minimum atomic E-state index is -3.27. The first-order valence-corrected chi connectivity index (χ1v) is 9.49. The molecule has 146 valence electrons. The molecule has 2 amide bonds. The van der Waals surface area contributed by atoms with Crippen molar-refractivity contribution in [2.45, 2.75) is 44.6 Å². The van der Waals surface area contributed by atoms with E-state index in [2.05, 4.69) is 15.5 Å². The van der Waals surface area contributed by atoms with E-state index in [1.165, 1.54) is 0 Å². The number of aromatic amines is 1. The number of rotatable bonds is 4. The lowest BCUT2D eigenvalue weighted by Crippen LogP contribution is -2.48. The number of hydrogen-bond acceptors (Lipinski definition) is 3. The summed E-state index contributed by atoms with van der Waals surface area (Å²) in [6, 6.07) is 1.74. The quantitative estimate of drug-likeness (QED) is 0.765. The van der Waals surface area contributed by atoms with E-state index in [4.69, 9.17) is 0 Å². The summed E-state index contributed by atoms with van der Waals surface area (Å²) in [5.74, 6) is -4.23. The molecule has 4 rings (SSSR count). The fraction of sp³-hybridized carbons (Fsp3) is 0.579. The minimum Gasteiger partial charge on any atom is -0.382 e. The van der Waals surface area contributed by atoms with Crippen LogP contribution in [0.2, 0.25) is 0 Å². The van der Waals surface area contributed by atoms with E-state index in [-0.39, 0.29) is 32.0 Å². The van der Waals surface area contributed by atoms with Gasteiger partial charge in [0.1, 0.15) is 6.10 Å². The number of fused-ring (bicyclic) bond motifs is 2. The zero-order valence-corrected chi connectivity index (χ0v) is 15.3. The number of likely N-dealkylation sites (tertiary alicyclic amines) is 1. The van der Waals surface area contributed by atoms with E-state index in [0.29, 0.717) is 24.0 Å². The molecule has 0 bridgehead atoms. The highest BCUT2D eigenvalue weighted by molar-refractivity contribution is 5.85. The number of carbonyl (C=O) groups is 1. The van der Waals surface area contributed by atoms with Crippen LogP contribution in [0.4, 0.5) is 13.6 Å². The number of carbonyl (C=O) groups excluding carboxylic acids is 1. The van der Waals surface area contributed by atoms with Crippen LogP contribution in [0, 0.1) is 5.92 Å². The van der Waals surface area contributed by atoms with E-state index in [1.54, 1.807) is 11.1 Å². The average molecular weight is 378 g/mol. The maximum absolute atomic E-state index is 15.2. The van der Waals surface area contributed by atoms with E-state index in [1.807, 2.05) is 13.0 Å². The van der Waals surface area contributed by atoms with Crippen molar-refractivity contribution in [3.05, 3.63) is 29.0 Å². The highest BCUT2D eigenvalue weighted by Gasteiger charge is 2.50. The van der Waals surface area contributed by atoms with Crippen LogP contribution in [0.15, 0.2) is 12.3 Å². The largest absolute Gasteiger partial charge is 0.382 e. The molecule has 0 saturated carbocycles. The van der Waals surface area contributed by atoms with Crippen molar-refractivity contribution in [3.63, 3.8) is 0 Å². The molecule has 0 spiro atoms. The molecule has 6 nitrogen and oxygen atoms in total. The van der Waals surface area contributed by atoms with Gasteiger partial charge in [-0.25, -0.2) is 13.6 Å². The van der Waals surface area contributed by atoms with Crippen LogP contribution in [0.5, 0.6) is 0 Å². The summed E-state index contributed by atoms with van der Waals surface area (Å²) >= 11 is 0. The van der Waals surface area contributed by atoms with Gasteiger partial charge in [-0.05, 0) is 49.8 Å². The summed E-state index contributed by atoms with van der Waals surface area (Å²) in [5.41, 5.74) is 2.63. The molecule has 1 aromatic heterocycles. The number of hydrogen-bond donors (Lipinski definition) is 3. The van der Waals surface area contributed by atoms with Crippen molar-refractivity contribution in [2.75, 3.05) is 19.6 Å². The number of benzene rings is 1. The van der Waals surface area contributed by atoms with Gasteiger partial charge in [0.25, 0.3) is 5.92 Å². The number of piperidine rings is 1. The standard InChI is InChI=1S/C19H24F2N4O2/c1-2-22-18(27)25-7-5-13(6-8-25)19(20,21)17(26)15-14-4-3-11(14)9-12-10-23-24-16(12)15/h9-10,13,17,26H,2-8H2,1H3,(H,22,27)(H,23,24)/t17-/m1/s1. The molecule has 1 saturated heterocycles. The van der Waals surface area contributed by atoms with Crippen molar-refractivity contribution in [1.82, 2.24) is 20.4 Å². The van der Waals surface area contributed by atoms with Crippen LogP contribution in [-0.4, -0.2) is 51.8 Å². The highest BCUT2D eigenvalue weighted by Crippen LogP contribution is 2.46. The molecule has 1 atom stereocenters. The van der Waals surface area contributed by atoms with Gasteiger partial charge in [0.15, 0.2) is 0 Å². The smallest absolute Gasteiger partial charge is 0.317 e. The Morgan fingerprint density at radius 1 is 1.44 bits per heavy atom. The molecule has 3 N–H and O–H groups in total. The third-order valence-corrected chi connectivity index (χ3v) is 5.92. The van der Waals surface area contributed by atoms with Crippen LogP contribution in [0.1, 0.15) is 42.6 Å². The van der Waals surface area contributed by atoms with Gasteiger partial charge in [-0.15, -0.1) is 0 Å². The molecule has 1 aliphatic heterocycles. The highest BCUT2D eigenvalue weighted by atomic mass is 19.3. The molecule has 0 radical (unpaired) electrons. The topological polar surface area (TPSA) is 81.2 Å². The van der Waals surface area contributed by atoms with E-state index < -0.39 is 17.9 Å². The Labute approximate surface area is 155 Å². The van der Waals surface area contributed by atoms with Crippen LogP contribution >= 0.6 is 0 Å². The van der Waals surface area contributed by atoms with Gasteiger partial charge in [0, 0.05) is 36.5 Å². The molecule has 2 aliphatic rings. The monoisotopic (exact) mass is 378 g/mol. The third-order valence-electron chi connectivity index (χ3n) is 5.92. The average Bonchev–Trinajstić information content (AvgIpc) is 3.11. The number of aromatic nitrogens is 2. The Morgan fingerprint density at radius 3 is 2.81 bits per heavy atom. The van der Waals surface area contributed by atoms with Crippen LogP contribution in [0.3, 0.4) is 0 Å². The number of aliphatic hydroxyl groups excluding tert-OH is 1. The number of nitrogens with zero attached hydrogens (tertiary/aromatic N) is 2. The molecule has 8 heteroatoms. The Morgan fingerprint density at radius 2 is 2.19 bits per heavy atom. The number of H-pyrrole nitrogens is 1. The predicted molar refractivity (Wildman–Crippen MR) is 96.8 cm³/mol. The van der Waals surface area contributed by atoms with Gasteiger partial charge in [-0.2, -0.15) is 5.10 Å². The maximum atomic E-state index is 15.2. The lowest BCUT2D eigenvalue weighted by atomic mass is 9.77. The Hall–Kier alpha value is -2.22. The van der Waals surface area contributed by atoms with Crippen molar-refractivity contribution in [3.8, 4) is 0 Å². The Bertz CT molecular complexity index is 859. The molecule has 0 unspecified atom stereocenters. The number of halogens is 2. The van der Waals surface area contributed by atoms with Crippen molar-refractivity contribution < 1.29 is 18.7 Å². The minimum absolute atomic E-state index is 0.169. The fourth-order valence-electron chi connectivity index (χ4n) is 4.27. The molecular formula is C19H24F2N4O2. The number of aryl methyl sites for hydroxylation is 1. The summed E-state index contributed by atoms with van der Waals surface area (Å²) in [7, 11) is 0. The second-order valence-electron chi connectivity index (χ2n) is 7.44. The number of aliphatic hydroxyl groups is 1. The van der Waals surface area contributed by atoms with Gasteiger partial charge in [-0.1, -0.05) is 0 Å². The maximum Gasteiger partial charge on any atom is 0.317 e. The molecule has 27 heavy (non-hydrogen) atoms. The summed E-state index contributed by atoms with van der Waals surface area (Å²) in [6.07, 6.45) is 1.60. The predicted octanol–water partition coefficient (Wildman–Crippen LogP) is 2.77. The lowest BCUT2D eigenvalue weighted by Gasteiger charge is -2.38. The number of nitrogens with one attached hydrogen (secondary N) is 2. The summed E-state index contributed by atoms with van der Waals surface area (Å²) < 4.78 is 30.5. The molecule has 1 fully saturated rings. The molecule has 2 heterocycles. The van der Waals surface area contributed by atoms with E-state index in [0.717, 1.165) is 22.9 Å². The third kappa shape index (κ3) is 2.96. The van der Waals surface area contributed by atoms with Gasteiger partial charge in [-0.3, -0.25) is 5.10 Å². The first-order valence-electron chi connectivity index (χ1n) is 9.49. The molecular weight excluding hydrogens is 354 g/mol. The second kappa shape index (κ2) is 6.74. The van der Waals surface area contributed by atoms with Gasteiger partial charge < -0.3 is 15.3 Å². The second-order valence-corrected chi connectivity index (χ2v) is 7.44. The van der Waals surface area contributed by atoms with E-state index >= 15 is 8.78 Å². The van der Waals surface area contributed by atoms with Gasteiger partial charge >= 0.3 is 6.03 Å². The van der Waals surface area contributed by atoms with E-state index in [9.17, 15) is 9.90 Å². The SMILES string of the molecule is CCNC(=O)N1CCC(C(F)(F)[C@H](O)c2c3c(cc4cn[nH]c24)CC3)CC1.